The fourth-order valence-corrected chi connectivity index (χ4v) is 2.91. The average molecular weight is 409 g/mol. The maximum atomic E-state index is 3.48. The summed E-state index contributed by atoms with van der Waals surface area (Å²) < 4.78 is 0. The van der Waals surface area contributed by atoms with Crippen molar-refractivity contribution in [2.75, 3.05) is 33.2 Å². The zero-order chi connectivity index (χ0) is 22.9. The van der Waals surface area contributed by atoms with Crippen LogP contribution in [0.5, 0.6) is 0 Å². The number of unbranched alkanes of at least 4 members (excludes halogenated alkanes) is 2. The molecule has 0 saturated heterocycles. The van der Waals surface area contributed by atoms with Crippen LogP contribution >= 0.6 is 0 Å². The predicted molar refractivity (Wildman–Crippen MR) is 136 cm³/mol. The van der Waals surface area contributed by atoms with Gasteiger partial charge in [-0.1, -0.05) is 93.5 Å². The third-order valence-electron chi connectivity index (χ3n) is 4.08. The van der Waals surface area contributed by atoms with Gasteiger partial charge in [-0.25, -0.2) is 0 Å². The molecule has 0 rings (SSSR count). The van der Waals surface area contributed by atoms with Crippen LogP contribution in [0.4, 0.5) is 0 Å². The first kappa shape index (κ1) is 30.6. The topological polar surface area (TPSA) is 15.3 Å². The van der Waals surface area contributed by atoms with Crippen LogP contribution < -0.4 is 5.32 Å². The Morgan fingerprint density at radius 1 is 0.759 bits per heavy atom. The Balaban J connectivity index is 0. The molecule has 0 atom stereocenters. The lowest BCUT2D eigenvalue weighted by Crippen LogP contribution is -2.29. The molecule has 0 heterocycles. The molecule has 174 valence electrons. The van der Waals surface area contributed by atoms with Crippen LogP contribution in [0.1, 0.15) is 94.9 Å². The second kappa shape index (κ2) is 17.1. The summed E-state index contributed by atoms with van der Waals surface area (Å²) >= 11 is 0. The van der Waals surface area contributed by atoms with Gasteiger partial charge < -0.3 is 10.2 Å². The summed E-state index contributed by atoms with van der Waals surface area (Å²) in [5, 5.41) is 3.48. The smallest absolute Gasteiger partial charge is 0.00270 e. The number of nitrogens with zero attached hydrogens (tertiary/aromatic N) is 1. The monoisotopic (exact) mass is 408 g/mol. The van der Waals surface area contributed by atoms with Crippen LogP contribution in [0.2, 0.25) is 0 Å². The molecule has 0 aromatic carbocycles. The summed E-state index contributed by atoms with van der Waals surface area (Å²) in [5.74, 6) is 1.38. The van der Waals surface area contributed by atoms with Crippen molar-refractivity contribution < 1.29 is 0 Å². The first-order chi connectivity index (χ1) is 13.2. The molecular weight excluding hydrogens is 352 g/mol. The van der Waals surface area contributed by atoms with E-state index in [0.29, 0.717) is 22.7 Å². The maximum absolute atomic E-state index is 3.48. The van der Waals surface area contributed by atoms with Crippen molar-refractivity contribution in [2.24, 2.45) is 22.7 Å². The van der Waals surface area contributed by atoms with Crippen molar-refractivity contribution >= 4 is 0 Å². The van der Waals surface area contributed by atoms with Crippen molar-refractivity contribution in [3.63, 3.8) is 0 Å². The van der Waals surface area contributed by atoms with Gasteiger partial charge in [-0.2, -0.15) is 0 Å². The molecule has 0 radical (unpaired) electrons. The van der Waals surface area contributed by atoms with Gasteiger partial charge in [-0.15, -0.1) is 0 Å². The molecule has 0 aromatic rings. The highest BCUT2D eigenvalue weighted by atomic mass is 15.1. The van der Waals surface area contributed by atoms with Crippen molar-refractivity contribution in [3.8, 4) is 0 Å². The molecule has 2 heteroatoms. The molecule has 29 heavy (non-hydrogen) atoms. The molecule has 0 spiro atoms. The quantitative estimate of drug-likeness (QED) is 0.264. The van der Waals surface area contributed by atoms with E-state index in [2.05, 4.69) is 111 Å². The predicted octanol–water partition coefficient (Wildman–Crippen LogP) is 7.57. The number of nitrogens with one attached hydrogen (secondary N) is 1. The van der Waals surface area contributed by atoms with Crippen LogP contribution in [-0.2, 0) is 0 Å². The highest BCUT2D eigenvalue weighted by Gasteiger charge is 2.12. The van der Waals surface area contributed by atoms with Crippen LogP contribution in [-0.4, -0.2) is 38.1 Å². The van der Waals surface area contributed by atoms with E-state index in [0.717, 1.165) is 13.1 Å². The number of hydrogen-bond donors (Lipinski definition) is 1. The minimum Gasteiger partial charge on any atom is -0.316 e. The van der Waals surface area contributed by atoms with E-state index < -0.39 is 0 Å². The Labute approximate surface area is 185 Å². The second-order valence-corrected chi connectivity index (χ2v) is 11.7. The van der Waals surface area contributed by atoms with Gasteiger partial charge in [-0.3, -0.25) is 0 Å². The van der Waals surface area contributed by atoms with Crippen LogP contribution in [0.25, 0.3) is 0 Å². The summed E-state index contributed by atoms with van der Waals surface area (Å²) in [6.07, 6.45) is 14.1. The molecule has 0 unspecified atom stereocenters. The SMILES string of the molecule is CC(C)C=CCCCN(C)CC(C)(C)C.CC(C)C=CCCCNCC(C)(C)C. The standard InChI is InChI=1S/C14H29N.C13H27N/c1-13(2)10-8-7-9-11-15(6)12-14(3,4)5;1-12(2)9-7-6-8-10-14-11-13(3,4)5/h8,10,13H,7,9,11-12H2,1-6H3;7,9,12,14H,6,8,10-11H2,1-5H3. The van der Waals surface area contributed by atoms with Gasteiger partial charge in [-0.05, 0) is 75.0 Å². The first-order valence-electron chi connectivity index (χ1n) is 12.0. The van der Waals surface area contributed by atoms with Gasteiger partial charge in [0.1, 0.15) is 0 Å². The second-order valence-electron chi connectivity index (χ2n) is 11.7. The maximum Gasteiger partial charge on any atom is 0.00270 e. The molecule has 1 N–H and O–H groups in total. The summed E-state index contributed by atoms with van der Waals surface area (Å²) in [6.45, 7) is 27.2. The Morgan fingerprint density at radius 3 is 1.66 bits per heavy atom. The van der Waals surface area contributed by atoms with Gasteiger partial charge >= 0.3 is 0 Å². The van der Waals surface area contributed by atoms with Gasteiger partial charge in [0, 0.05) is 6.54 Å². The van der Waals surface area contributed by atoms with E-state index in [1.165, 1.54) is 38.8 Å². The summed E-state index contributed by atoms with van der Waals surface area (Å²) in [5.41, 5.74) is 0.830. The molecule has 0 bridgehead atoms. The Hall–Kier alpha value is -0.600. The Kier molecular flexibility index (Phi) is 18.1. The molecule has 0 amide bonds. The zero-order valence-electron chi connectivity index (χ0n) is 22.1. The normalized spacial score (nSPS) is 13.2. The van der Waals surface area contributed by atoms with E-state index in [1.54, 1.807) is 0 Å². The van der Waals surface area contributed by atoms with Crippen LogP contribution in [0, 0.1) is 22.7 Å². The number of rotatable bonds is 12. The summed E-state index contributed by atoms with van der Waals surface area (Å²) in [7, 11) is 2.22. The Morgan fingerprint density at radius 2 is 1.24 bits per heavy atom. The van der Waals surface area contributed by atoms with Crippen molar-refractivity contribution in [1.82, 2.24) is 10.2 Å². The highest BCUT2D eigenvalue weighted by molar-refractivity contribution is 4.85. The molecule has 0 saturated carbocycles. The average Bonchev–Trinajstić information content (AvgIpc) is 2.51. The number of allylic oxidation sites excluding steroid dienone is 4. The number of hydrogen-bond acceptors (Lipinski definition) is 2. The molecule has 0 aliphatic heterocycles. The van der Waals surface area contributed by atoms with Crippen molar-refractivity contribution in [3.05, 3.63) is 24.3 Å². The van der Waals surface area contributed by atoms with Crippen molar-refractivity contribution in [1.29, 1.82) is 0 Å². The molecule has 2 nitrogen and oxygen atoms in total. The third kappa shape index (κ3) is 32.3. The minimum absolute atomic E-state index is 0.410. The summed E-state index contributed by atoms with van der Waals surface area (Å²) in [6, 6.07) is 0. The van der Waals surface area contributed by atoms with E-state index in [4.69, 9.17) is 0 Å². The lowest BCUT2D eigenvalue weighted by molar-refractivity contribution is 0.225. The first-order valence-corrected chi connectivity index (χ1v) is 12.0. The lowest BCUT2D eigenvalue weighted by atomic mass is 9.96. The molecule has 0 aromatic heterocycles. The van der Waals surface area contributed by atoms with E-state index in [9.17, 15) is 0 Å². The Bertz CT molecular complexity index is 405. The zero-order valence-corrected chi connectivity index (χ0v) is 22.1. The highest BCUT2D eigenvalue weighted by Crippen LogP contribution is 2.14. The molecule has 0 fully saturated rings. The fraction of sp³-hybridized carbons (Fsp3) is 0.852. The van der Waals surface area contributed by atoms with E-state index >= 15 is 0 Å². The lowest BCUT2D eigenvalue weighted by Gasteiger charge is -2.26. The van der Waals surface area contributed by atoms with Crippen LogP contribution in [0.15, 0.2) is 24.3 Å². The van der Waals surface area contributed by atoms with Gasteiger partial charge in [0.05, 0.1) is 0 Å². The van der Waals surface area contributed by atoms with Gasteiger partial charge in [0.15, 0.2) is 0 Å². The van der Waals surface area contributed by atoms with Gasteiger partial charge in [0.25, 0.3) is 0 Å². The van der Waals surface area contributed by atoms with Crippen LogP contribution in [0.3, 0.4) is 0 Å². The van der Waals surface area contributed by atoms with Crippen molar-refractivity contribution in [2.45, 2.75) is 94.9 Å². The molecule has 0 aliphatic rings. The molecule has 0 aliphatic carbocycles. The molecular formula is C27H56N2. The third-order valence-corrected chi connectivity index (χ3v) is 4.08. The largest absolute Gasteiger partial charge is 0.316 e. The minimum atomic E-state index is 0.410. The van der Waals surface area contributed by atoms with E-state index in [-0.39, 0.29) is 0 Å². The van der Waals surface area contributed by atoms with E-state index in [1.807, 2.05) is 0 Å². The summed E-state index contributed by atoms with van der Waals surface area (Å²) in [4.78, 5) is 2.43. The fourth-order valence-electron chi connectivity index (χ4n) is 2.91. The van der Waals surface area contributed by atoms with Gasteiger partial charge in [0.2, 0.25) is 0 Å².